The van der Waals surface area contributed by atoms with E-state index < -0.39 is 27.5 Å². The van der Waals surface area contributed by atoms with E-state index in [2.05, 4.69) is 5.32 Å². The van der Waals surface area contributed by atoms with Gasteiger partial charge in [-0.25, -0.2) is 8.42 Å². The van der Waals surface area contributed by atoms with Gasteiger partial charge in [0.05, 0.1) is 22.8 Å². The molecule has 0 saturated carbocycles. The van der Waals surface area contributed by atoms with Crippen LogP contribution in [0.1, 0.15) is 17.5 Å². The van der Waals surface area contributed by atoms with Gasteiger partial charge in [-0.05, 0) is 31.0 Å². The lowest BCUT2D eigenvalue weighted by Crippen LogP contribution is -2.18. The molecule has 1 atom stereocenters. The van der Waals surface area contributed by atoms with Crippen LogP contribution in [0.4, 0.5) is 18.9 Å². The summed E-state index contributed by atoms with van der Waals surface area (Å²) >= 11 is 1.21. The molecule has 1 aromatic carbocycles. The number of hydrogen-bond donors (Lipinski definition) is 1. The molecule has 1 saturated heterocycles. The van der Waals surface area contributed by atoms with Gasteiger partial charge in [0, 0.05) is 10.9 Å². The third-order valence-corrected chi connectivity index (χ3v) is 6.75. The van der Waals surface area contributed by atoms with Crippen molar-refractivity contribution in [1.82, 2.24) is 0 Å². The number of aryl methyl sites for hydroxylation is 1. The molecule has 1 unspecified atom stereocenters. The van der Waals surface area contributed by atoms with Gasteiger partial charge in [-0.3, -0.25) is 4.79 Å². The number of carbonyl (C=O) groups is 1. The van der Waals surface area contributed by atoms with Crippen LogP contribution in [0.3, 0.4) is 0 Å². The highest BCUT2D eigenvalue weighted by Gasteiger charge is 2.32. The maximum Gasteiger partial charge on any atom is 0.416 e. The Morgan fingerprint density at radius 2 is 2.09 bits per heavy atom. The number of hydrogen-bond acceptors (Lipinski definition) is 4. The lowest BCUT2D eigenvalue weighted by Gasteiger charge is -2.13. The van der Waals surface area contributed by atoms with E-state index in [9.17, 15) is 26.4 Å². The number of alkyl halides is 3. The van der Waals surface area contributed by atoms with Crippen molar-refractivity contribution in [3.05, 3.63) is 29.3 Å². The predicted molar refractivity (Wildman–Crippen MR) is 84.3 cm³/mol. The summed E-state index contributed by atoms with van der Waals surface area (Å²) in [4.78, 5) is 11.8. The summed E-state index contributed by atoms with van der Waals surface area (Å²) in [6.07, 6.45) is -3.97. The van der Waals surface area contributed by atoms with E-state index in [-0.39, 0.29) is 33.8 Å². The number of benzene rings is 1. The van der Waals surface area contributed by atoms with E-state index in [1.807, 2.05) is 0 Å². The molecule has 0 spiro atoms. The van der Waals surface area contributed by atoms with E-state index in [0.29, 0.717) is 6.42 Å². The van der Waals surface area contributed by atoms with E-state index in [1.54, 1.807) is 0 Å². The van der Waals surface area contributed by atoms with Gasteiger partial charge in [0.2, 0.25) is 5.91 Å². The van der Waals surface area contributed by atoms with Crippen LogP contribution in [0.15, 0.2) is 18.2 Å². The second kappa shape index (κ2) is 6.72. The molecule has 0 aromatic heterocycles. The minimum Gasteiger partial charge on any atom is -0.325 e. The minimum atomic E-state index is -4.47. The zero-order valence-electron chi connectivity index (χ0n) is 12.3. The van der Waals surface area contributed by atoms with Gasteiger partial charge in [-0.15, -0.1) is 11.8 Å². The molecule has 9 heteroatoms. The quantitative estimate of drug-likeness (QED) is 0.889. The number of amides is 1. The smallest absolute Gasteiger partial charge is 0.325 e. The molecule has 2 rings (SSSR count). The van der Waals surface area contributed by atoms with E-state index in [4.69, 9.17) is 0 Å². The summed E-state index contributed by atoms with van der Waals surface area (Å²) in [5.41, 5.74) is -0.626. The SMILES string of the molecule is Cc1ccc(NC(=O)CSC2CCS(=O)(=O)C2)cc1C(F)(F)F. The Balaban J connectivity index is 1.93. The van der Waals surface area contributed by atoms with Crippen molar-refractivity contribution in [2.75, 3.05) is 22.6 Å². The largest absolute Gasteiger partial charge is 0.416 e. The zero-order chi connectivity index (χ0) is 17.3. The van der Waals surface area contributed by atoms with Gasteiger partial charge in [0.25, 0.3) is 0 Å². The Labute approximate surface area is 136 Å². The average molecular weight is 367 g/mol. The van der Waals surface area contributed by atoms with Crippen LogP contribution in [-0.2, 0) is 20.8 Å². The van der Waals surface area contributed by atoms with Crippen molar-refractivity contribution in [3.8, 4) is 0 Å². The Hall–Kier alpha value is -1.22. The topological polar surface area (TPSA) is 63.2 Å². The summed E-state index contributed by atoms with van der Waals surface area (Å²) in [6.45, 7) is 1.35. The minimum absolute atomic E-state index is 0.00934. The molecule has 1 aliphatic rings. The number of rotatable bonds is 4. The average Bonchev–Trinajstić information content (AvgIpc) is 2.77. The van der Waals surface area contributed by atoms with Crippen molar-refractivity contribution in [3.63, 3.8) is 0 Å². The highest BCUT2D eigenvalue weighted by molar-refractivity contribution is 8.02. The second-order valence-electron chi connectivity index (χ2n) is 5.41. The van der Waals surface area contributed by atoms with Crippen LogP contribution < -0.4 is 5.32 Å². The van der Waals surface area contributed by atoms with Crippen LogP contribution in [0, 0.1) is 6.92 Å². The molecule has 0 bridgehead atoms. The van der Waals surface area contributed by atoms with Crippen molar-refractivity contribution in [2.45, 2.75) is 24.8 Å². The number of carbonyl (C=O) groups excluding carboxylic acids is 1. The summed E-state index contributed by atoms with van der Waals surface area (Å²) in [5.74, 6) is -0.265. The summed E-state index contributed by atoms with van der Waals surface area (Å²) in [7, 11) is -3.01. The fourth-order valence-corrected chi connectivity index (χ4v) is 5.73. The second-order valence-corrected chi connectivity index (χ2v) is 8.93. The standard InChI is InChI=1S/C14H16F3NO3S2/c1-9-2-3-10(6-12(9)14(15,16)17)18-13(19)7-22-11-4-5-23(20,21)8-11/h2-3,6,11H,4-5,7-8H2,1H3,(H,18,19). The molecule has 1 fully saturated rings. The van der Waals surface area contributed by atoms with Crippen molar-refractivity contribution in [1.29, 1.82) is 0 Å². The molecule has 1 N–H and O–H groups in total. The molecule has 0 radical (unpaired) electrons. The van der Waals surface area contributed by atoms with E-state index in [0.717, 1.165) is 6.07 Å². The Morgan fingerprint density at radius 1 is 1.39 bits per heavy atom. The van der Waals surface area contributed by atoms with Crippen molar-refractivity contribution < 1.29 is 26.4 Å². The van der Waals surface area contributed by atoms with Gasteiger partial charge < -0.3 is 5.32 Å². The predicted octanol–water partition coefficient (Wildman–Crippen LogP) is 2.87. The monoisotopic (exact) mass is 367 g/mol. The number of sulfone groups is 1. The zero-order valence-corrected chi connectivity index (χ0v) is 13.9. The first kappa shape index (κ1) is 18.1. The lowest BCUT2D eigenvalue weighted by atomic mass is 10.1. The molecule has 1 aliphatic heterocycles. The third-order valence-electron chi connectivity index (χ3n) is 3.47. The maximum absolute atomic E-state index is 12.8. The van der Waals surface area contributed by atoms with Gasteiger partial charge in [-0.1, -0.05) is 6.07 Å². The number of nitrogens with one attached hydrogen (secondary N) is 1. The fraction of sp³-hybridized carbons (Fsp3) is 0.500. The normalized spacial score (nSPS) is 20.4. The Morgan fingerprint density at radius 3 is 2.65 bits per heavy atom. The molecule has 23 heavy (non-hydrogen) atoms. The first-order chi connectivity index (χ1) is 10.6. The maximum atomic E-state index is 12.8. The third kappa shape index (κ3) is 5.13. The first-order valence-corrected chi connectivity index (χ1v) is 9.73. The van der Waals surface area contributed by atoms with E-state index in [1.165, 1.54) is 30.8 Å². The molecule has 128 valence electrons. The number of thioether (sulfide) groups is 1. The van der Waals surface area contributed by atoms with Crippen LogP contribution in [0.2, 0.25) is 0 Å². The number of anilines is 1. The summed E-state index contributed by atoms with van der Waals surface area (Å²) < 4.78 is 61.1. The molecule has 1 heterocycles. The summed E-state index contributed by atoms with van der Waals surface area (Å²) in [6, 6.07) is 3.61. The molecule has 0 aliphatic carbocycles. The first-order valence-electron chi connectivity index (χ1n) is 6.86. The van der Waals surface area contributed by atoms with Crippen LogP contribution in [0.5, 0.6) is 0 Å². The highest BCUT2D eigenvalue weighted by atomic mass is 32.2. The van der Waals surface area contributed by atoms with Crippen LogP contribution in [0.25, 0.3) is 0 Å². The van der Waals surface area contributed by atoms with Crippen molar-refractivity contribution in [2.24, 2.45) is 0 Å². The lowest BCUT2D eigenvalue weighted by molar-refractivity contribution is -0.138. The Kier molecular flexibility index (Phi) is 5.30. The van der Waals surface area contributed by atoms with Crippen LogP contribution >= 0.6 is 11.8 Å². The fourth-order valence-electron chi connectivity index (χ4n) is 2.29. The number of halogens is 3. The van der Waals surface area contributed by atoms with Gasteiger partial charge >= 0.3 is 6.18 Å². The molecule has 1 aromatic rings. The Bertz CT molecular complexity index is 702. The van der Waals surface area contributed by atoms with Gasteiger partial charge in [-0.2, -0.15) is 13.2 Å². The van der Waals surface area contributed by atoms with Gasteiger partial charge in [0.15, 0.2) is 9.84 Å². The molecule has 4 nitrogen and oxygen atoms in total. The highest BCUT2D eigenvalue weighted by Crippen LogP contribution is 2.33. The molecule has 1 amide bonds. The molecular formula is C14H16F3NO3S2. The van der Waals surface area contributed by atoms with E-state index >= 15 is 0 Å². The molecular weight excluding hydrogens is 351 g/mol. The van der Waals surface area contributed by atoms with Gasteiger partial charge in [0.1, 0.15) is 0 Å². The van der Waals surface area contributed by atoms with Crippen LogP contribution in [-0.4, -0.2) is 36.8 Å². The summed E-state index contributed by atoms with van der Waals surface area (Å²) in [5, 5.41) is 2.29. The van der Waals surface area contributed by atoms with Crippen molar-refractivity contribution >= 4 is 33.2 Å².